The van der Waals surface area contributed by atoms with Gasteiger partial charge in [0.25, 0.3) is 11.7 Å². The Morgan fingerprint density at radius 2 is 1.38 bits per heavy atom. The van der Waals surface area contributed by atoms with Gasteiger partial charge in [-0.2, -0.15) is 10.2 Å². The summed E-state index contributed by atoms with van der Waals surface area (Å²) in [4.78, 5) is 33.4. The van der Waals surface area contributed by atoms with Crippen LogP contribution in [-0.2, 0) is 4.43 Å². The number of nitrogens with two attached hydrogens (primary N) is 1. The van der Waals surface area contributed by atoms with Crippen LogP contribution in [0.5, 0.6) is 11.5 Å². The number of hydrogen-bond acceptors (Lipinski definition) is 17. The predicted molar refractivity (Wildman–Crippen MR) is 298 cm³/mol. The predicted octanol–water partition coefficient (Wildman–Crippen LogP) is 10.6. The Morgan fingerprint density at radius 3 is 1.91 bits per heavy atom. The number of carbonyl (C=O) groups excluding carboxylic acids is 1. The number of carboxylic acids is 1. The number of pyridine rings is 2. The van der Waals surface area contributed by atoms with Crippen molar-refractivity contribution in [1.82, 2.24) is 49.7 Å². The molecular formula is C54H73N16O7Si+. The summed E-state index contributed by atoms with van der Waals surface area (Å²) in [6, 6.07) is 21.5. The van der Waals surface area contributed by atoms with Crippen LogP contribution in [0.1, 0.15) is 112 Å². The van der Waals surface area contributed by atoms with E-state index < -0.39 is 14.3 Å². The zero-order chi connectivity index (χ0) is 57.2. The molecule has 414 valence electrons. The van der Waals surface area contributed by atoms with Crippen LogP contribution >= 0.6 is 0 Å². The van der Waals surface area contributed by atoms with E-state index in [0.29, 0.717) is 52.6 Å². The molecule has 0 saturated heterocycles. The van der Waals surface area contributed by atoms with Crippen molar-refractivity contribution in [3.05, 3.63) is 107 Å². The number of aliphatic hydroxyl groups excluding tert-OH is 1. The van der Waals surface area contributed by atoms with Crippen LogP contribution in [0.2, 0.25) is 18.1 Å². The number of rotatable bonds is 17. The van der Waals surface area contributed by atoms with Gasteiger partial charge < -0.3 is 35.2 Å². The second-order valence-electron chi connectivity index (χ2n) is 21.0. The fraction of sp³-hybridized carbons (Fsp3) is 0.426. The Hall–Kier alpha value is -8.09. The molecule has 0 saturated carbocycles. The molecule has 0 bridgehead atoms. The summed E-state index contributed by atoms with van der Waals surface area (Å²) in [7, 11) is 1.21. The maximum absolute atomic E-state index is 13.3. The Balaban J connectivity index is 0.000000199. The number of carbonyl (C=O) groups is 2. The Kier molecular flexibility index (Phi) is 19.2. The van der Waals surface area contributed by atoms with Gasteiger partial charge in [-0.1, -0.05) is 44.8 Å². The number of nitrogens with one attached hydrogen (secondary N) is 1. The van der Waals surface area contributed by atoms with Crippen LogP contribution in [0.3, 0.4) is 0 Å². The van der Waals surface area contributed by atoms with Crippen molar-refractivity contribution < 1.29 is 38.4 Å². The van der Waals surface area contributed by atoms with Gasteiger partial charge in [0.2, 0.25) is 17.8 Å². The molecule has 6 heterocycles. The molecular weight excluding hydrogens is 1010 g/mol. The zero-order valence-electron chi connectivity index (χ0n) is 47.2. The molecule has 8 rings (SSSR count). The van der Waals surface area contributed by atoms with Gasteiger partial charge in [-0.15, -0.1) is 9.80 Å². The molecule has 3 atom stereocenters. The highest BCUT2D eigenvalue weighted by Crippen LogP contribution is 2.38. The Morgan fingerprint density at radius 1 is 0.808 bits per heavy atom. The maximum Gasteiger partial charge on any atom is 0.339 e. The van der Waals surface area contributed by atoms with Crippen LogP contribution in [-0.4, -0.2) is 118 Å². The zero-order valence-corrected chi connectivity index (χ0v) is 48.2. The molecule has 1 amide bonds. The van der Waals surface area contributed by atoms with E-state index in [0.717, 1.165) is 33.6 Å². The molecule has 0 aliphatic carbocycles. The van der Waals surface area contributed by atoms with Crippen molar-refractivity contribution in [2.45, 2.75) is 119 Å². The van der Waals surface area contributed by atoms with Gasteiger partial charge in [-0.3, -0.25) is 14.2 Å². The first-order valence-electron chi connectivity index (χ1n) is 25.5. The van der Waals surface area contributed by atoms with E-state index in [4.69, 9.17) is 19.6 Å². The number of carboxylic acid groups (broad SMARTS) is 1. The number of aromatic nitrogens is 10. The number of aromatic carboxylic acids is 1. The van der Waals surface area contributed by atoms with E-state index in [2.05, 4.69) is 111 Å². The third-order valence-electron chi connectivity index (χ3n) is 13.4. The number of nitrogen functional groups attached to an aromatic ring is 1. The number of aliphatic hydroxyl groups is 1. The normalized spacial score (nSPS) is 14.0. The lowest BCUT2D eigenvalue weighted by Gasteiger charge is -2.37. The summed E-state index contributed by atoms with van der Waals surface area (Å²) in [6.07, 6.45) is 3.60. The number of hydrogen-bond donors (Lipinski definition) is 4. The van der Waals surface area contributed by atoms with Crippen LogP contribution < -0.4 is 20.5 Å². The summed E-state index contributed by atoms with van der Waals surface area (Å²) in [5.74, 6) is 1.39. The van der Waals surface area contributed by atoms with E-state index in [1.54, 1.807) is 54.1 Å². The van der Waals surface area contributed by atoms with Gasteiger partial charge in [-0.25, -0.2) is 14.5 Å². The van der Waals surface area contributed by atoms with Gasteiger partial charge in [-0.05, 0) is 148 Å². The average molecular weight is 1090 g/mol. The summed E-state index contributed by atoms with van der Waals surface area (Å²) >= 11 is 0. The SMILES string of the molecule is COc1cc(C)c(-c2ccn(C(C)C)n2)cc1C(=O)Nc1cccc(-c2nnnn2[C@H](C)CO)n1.COc1cc(C)c(-c2ccn(C(C)C)n2)cc1C(=O)O.C[C@H](CO[Si](C)(C)C(C)(C)C)C1N=NN=[N+]1c1cccc(N)n1. The number of ether oxygens (including phenoxy) is 2. The first-order chi connectivity index (χ1) is 36.9. The smallest absolute Gasteiger partial charge is 0.339 e. The van der Waals surface area contributed by atoms with Crippen LogP contribution in [0.15, 0.2) is 101 Å². The van der Waals surface area contributed by atoms with Gasteiger partial charge in [0.15, 0.2) is 8.32 Å². The molecule has 5 N–H and O–H groups in total. The molecule has 0 fully saturated rings. The summed E-state index contributed by atoms with van der Waals surface area (Å²) in [5, 5.41) is 54.6. The lowest BCUT2D eigenvalue weighted by atomic mass is 10.0. The highest BCUT2D eigenvalue weighted by molar-refractivity contribution is 6.74. The first kappa shape index (κ1) is 59.2. The number of amides is 1. The number of nitrogens with zero attached hydrogens (tertiary/aromatic N) is 14. The summed E-state index contributed by atoms with van der Waals surface area (Å²) in [6.45, 7) is 27.6. The fourth-order valence-corrected chi connectivity index (χ4v) is 8.76. The molecule has 78 heavy (non-hydrogen) atoms. The van der Waals surface area contributed by atoms with Gasteiger partial charge in [0.05, 0.1) is 49.0 Å². The third kappa shape index (κ3) is 14.1. The van der Waals surface area contributed by atoms with Crippen LogP contribution in [0.4, 0.5) is 17.5 Å². The molecule has 1 aliphatic rings. The van der Waals surface area contributed by atoms with Gasteiger partial charge >= 0.3 is 5.97 Å². The average Bonchev–Trinajstić information content (AvgIpc) is 4.27. The summed E-state index contributed by atoms with van der Waals surface area (Å²) < 4.78 is 23.8. The van der Waals surface area contributed by atoms with Crippen molar-refractivity contribution in [3.63, 3.8) is 0 Å². The van der Waals surface area contributed by atoms with E-state index >= 15 is 0 Å². The minimum atomic E-state index is -1.79. The fourth-order valence-electron chi connectivity index (χ4n) is 7.65. The Bertz CT molecular complexity index is 3270. The van der Waals surface area contributed by atoms with E-state index in [1.165, 1.54) is 18.9 Å². The van der Waals surface area contributed by atoms with Crippen LogP contribution in [0.25, 0.3) is 34.0 Å². The quantitative estimate of drug-likeness (QED) is 0.0487. The van der Waals surface area contributed by atoms with Crippen molar-refractivity contribution in [2.75, 3.05) is 38.5 Å². The first-order valence-corrected chi connectivity index (χ1v) is 28.4. The molecule has 1 unspecified atom stereocenters. The molecule has 5 aromatic heterocycles. The van der Waals surface area contributed by atoms with Gasteiger partial charge in [0, 0.05) is 54.2 Å². The van der Waals surface area contributed by atoms with Crippen LogP contribution in [0, 0.1) is 19.8 Å². The minimum Gasteiger partial charge on any atom is -0.496 e. The monoisotopic (exact) mass is 1090 g/mol. The number of tetrazole rings is 1. The molecule has 23 nitrogen and oxygen atoms in total. The molecule has 2 aromatic carbocycles. The molecule has 1 aliphatic heterocycles. The standard InChI is InChI=1S/C24H28N8O3.C15H27N6OSi.C15H18N2O3/c1-14(2)31-10-9-19(28-31)17-12-18(21(35-5)11-15(17)3)24(34)26-22-8-6-7-20(25-22)23-27-29-30-32(23)16(4)13-33;1-11(10-22-23(5,6)15(2,3)4)14-18-19-20-21(14)13-9-7-8-12(16)17-13;1-9(2)17-6-5-13(16-17)11-8-12(15(18)19)14(20-4)7-10(11)3/h6-12,14,16,33H,13H2,1-5H3,(H,25,26,34);7-9,11,14H,10H2,1-6H3,(H2,16,17);5-9H,1-4H3,(H,18,19)/q;+1;/t16-;11-,14?;/m11./s1. The molecule has 0 spiro atoms. The van der Waals surface area contributed by atoms with E-state index in [-0.39, 0.29) is 53.3 Å². The van der Waals surface area contributed by atoms with Crippen molar-refractivity contribution in [3.8, 4) is 45.5 Å². The second-order valence-corrected chi connectivity index (χ2v) is 25.8. The topological polar surface area (TPSA) is 285 Å². The van der Waals surface area contributed by atoms with E-state index in [9.17, 15) is 19.8 Å². The number of anilines is 2. The highest BCUT2D eigenvalue weighted by atomic mass is 28.4. The Labute approximate surface area is 455 Å². The maximum atomic E-state index is 13.3. The van der Waals surface area contributed by atoms with Crippen molar-refractivity contribution in [1.29, 1.82) is 0 Å². The number of aryl methyl sites for hydroxylation is 2. The molecule has 7 aromatic rings. The van der Waals surface area contributed by atoms with Crippen molar-refractivity contribution in [2.24, 2.45) is 21.5 Å². The highest BCUT2D eigenvalue weighted by Gasteiger charge is 2.40. The molecule has 0 radical (unpaired) electrons. The van der Waals surface area contributed by atoms with E-state index in [1.807, 2.05) is 79.8 Å². The molecule has 24 heteroatoms. The third-order valence-corrected chi connectivity index (χ3v) is 17.9. The van der Waals surface area contributed by atoms with Crippen molar-refractivity contribution >= 4 is 37.6 Å². The largest absolute Gasteiger partial charge is 0.496 e. The van der Waals surface area contributed by atoms with Gasteiger partial charge in [0.1, 0.15) is 33.8 Å². The number of methoxy groups -OCH3 is 2. The lowest BCUT2D eigenvalue weighted by Crippen LogP contribution is -2.43. The minimum absolute atomic E-state index is 0.126. The summed E-state index contributed by atoms with van der Waals surface area (Å²) in [5.41, 5.74) is 11.8. The number of benzene rings is 2. The second kappa shape index (κ2) is 25.4. The lowest BCUT2D eigenvalue weighted by molar-refractivity contribution is -0.552.